The van der Waals surface area contributed by atoms with Gasteiger partial charge < -0.3 is 0 Å². The number of rotatable bonds is 8. The van der Waals surface area contributed by atoms with Crippen molar-refractivity contribution in [3.63, 3.8) is 0 Å². The van der Waals surface area contributed by atoms with Gasteiger partial charge in [0.2, 0.25) is 0 Å². The Hall–Kier alpha value is -1.71. The van der Waals surface area contributed by atoms with Crippen molar-refractivity contribution in [3.05, 3.63) is 70.4 Å². The predicted octanol–water partition coefficient (Wildman–Crippen LogP) is 11.2. The molecule has 0 fully saturated rings. The fourth-order valence-electron chi connectivity index (χ4n) is 4.63. The topological polar surface area (TPSA) is 37.1 Å². The minimum atomic E-state index is 0.194. The summed E-state index contributed by atoms with van der Waals surface area (Å²) in [5.74, 6) is 1.68. The first kappa shape index (κ1) is 32.5. The van der Waals surface area contributed by atoms with Crippen LogP contribution < -0.4 is 0 Å². The van der Waals surface area contributed by atoms with Gasteiger partial charge in [0.25, 0.3) is 0 Å². The van der Waals surface area contributed by atoms with E-state index in [4.69, 9.17) is 35.2 Å². The fourth-order valence-corrected chi connectivity index (χ4v) is 4.63. The standard InChI is InChI=1S/C32H43N3.2ClH.Fe/c1-19(2)25-13-11-14-26(20(3)4)31(25)33-23(9)29-17-18-30(35-29)24(10)34-32-27(21(5)6)15-12-16-28(32)22(7)8;;;/h11-17,19-22H,18H2,1-10H3;2*1H;/q;;;+2/p-2. The third-order valence-electron chi connectivity index (χ3n) is 6.78. The van der Waals surface area contributed by atoms with Gasteiger partial charge in [0.05, 0.1) is 34.2 Å². The molecule has 3 rings (SSSR count). The van der Waals surface area contributed by atoms with Crippen molar-refractivity contribution in [2.45, 2.75) is 99.3 Å². The second-order valence-corrected chi connectivity index (χ2v) is 12.8. The Balaban J connectivity index is 0.00000161. The Morgan fingerprint density at radius 1 is 0.684 bits per heavy atom. The van der Waals surface area contributed by atoms with E-state index < -0.39 is 0 Å². The second-order valence-electron chi connectivity index (χ2n) is 11.0. The van der Waals surface area contributed by atoms with Gasteiger partial charge in [0.1, 0.15) is 0 Å². The van der Waals surface area contributed by atoms with Gasteiger partial charge in [-0.3, -0.25) is 9.98 Å². The average Bonchev–Trinajstić information content (AvgIpc) is 3.35. The maximum absolute atomic E-state index is 5.15. The summed E-state index contributed by atoms with van der Waals surface area (Å²) in [5.41, 5.74) is 11.4. The molecule has 2 aromatic carbocycles. The molecule has 0 bridgehead atoms. The summed E-state index contributed by atoms with van der Waals surface area (Å²) in [6.45, 7) is 22.1. The Bertz CT molecular complexity index is 1170. The van der Waals surface area contributed by atoms with Gasteiger partial charge in [-0.05, 0) is 59.8 Å². The van der Waals surface area contributed by atoms with Gasteiger partial charge in [-0.25, -0.2) is 4.99 Å². The fraction of sp³-hybridized carbons (Fsp3) is 0.469. The Labute approximate surface area is 245 Å². The van der Waals surface area contributed by atoms with Gasteiger partial charge in [-0.1, -0.05) is 97.9 Å². The van der Waals surface area contributed by atoms with Gasteiger partial charge in [-0.15, -0.1) is 0 Å². The van der Waals surface area contributed by atoms with Crippen molar-refractivity contribution in [3.8, 4) is 0 Å². The first-order valence-electron chi connectivity index (χ1n) is 13.4. The third kappa shape index (κ3) is 8.39. The van der Waals surface area contributed by atoms with Crippen LogP contribution >= 0.6 is 20.2 Å². The van der Waals surface area contributed by atoms with Crippen LogP contribution in [-0.2, 0) is 13.1 Å². The first-order chi connectivity index (χ1) is 17.9. The summed E-state index contributed by atoms with van der Waals surface area (Å²) in [6, 6.07) is 13.1. The summed E-state index contributed by atoms with van der Waals surface area (Å²) in [4.78, 5) is 15.3. The molecule has 208 valence electrons. The molecule has 2 aromatic rings. The van der Waals surface area contributed by atoms with E-state index in [0.717, 1.165) is 40.6 Å². The zero-order valence-electron chi connectivity index (χ0n) is 24.5. The molecule has 0 radical (unpaired) electrons. The van der Waals surface area contributed by atoms with Crippen LogP contribution in [0, 0.1) is 0 Å². The Morgan fingerprint density at radius 2 is 1.03 bits per heavy atom. The summed E-state index contributed by atoms with van der Waals surface area (Å²) in [5, 5.41) is 0. The third-order valence-corrected chi connectivity index (χ3v) is 6.78. The molecular weight excluding hydrogens is 553 g/mol. The van der Waals surface area contributed by atoms with Crippen LogP contribution in [0.25, 0.3) is 0 Å². The molecule has 6 heteroatoms. The molecular formula is C32H43Cl2FeN3. The number of aliphatic imine (C=N–C) groups is 3. The van der Waals surface area contributed by atoms with Crippen LogP contribution in [0.4, 0.5) is 11.4 Å². The molecule has 38 heavy (non-hydrogen) atoms. The number of hydrogen-bond acceptors (Lipinski definition) is 3. The number of allylic oxidation sites excluding steroid dienone is 2. The zero-order chi connectivity index (χ0) is 28.6. The predicted molar refractivity (Wildman–Crippen MR) is 167 cm³/mol. The van der Waals surface area contributed by atoms with Gasteiger partial charge >= 0.3 is 33.3 Å². The van der Waals surface area contributed by atoms with Crippen molar-refractivity contribution in [2.24, 2.45) is 15.0 Å². The molecule has 1 aliphatic heterocycles. The summed E-state index contributed by atoms with van der Waals surface area (Å²) in [6.07, 6.45) is 2.99. The summed E-state index contributed by atoms with van der Waals surface area (Å²) >= 11 is 0.194. The van der Waals surface area contributed by atoms with Gasteiger partial charge in [-0.2, -0.15) is 0 Å². The van der Waals surface area contributed by atoms with Crippen LogP contribution in [0.3, 0.4) is 0 Å². The first-order valence-corrected chi connectivity index (χ1v) is 16.5. The van der Waals surface area contributed by atoms with Crippen molar-refractivity contribution < 1.29 is 13.1 Å². The van der Waals surface area contributed by atoms with Crippen LogP contribution in [0.15, 0.2) is 63.1 Å². The minimum absolute atomic E-state index is 0.194. The molecule has 0 atom stereocenters. The van der Waals surface area contributed by atoms with Crippen molar-refractivity contribution in [1.82, 2.24) is 0 Å². The van der Waals surface area contributed by atoms with Crippen LogP contribution in [0.5, 0.6) is 0 Å². The number of hydrogen-bond donors (Lipinski definition) is 0. The van der Waals surface area contributed by atoms with E-state index in [2.05, 4.69) is 112 Å². The molecule has 0 amide bonds. The number of nitrogens with zero attached hydrogens (tertiary/aromatic N) is 3. The van der Waals surface area contributed by atoms with E-state index >= 15 is 0 Å². The maximum atomic E-state index is 5.15. The van der Waals surface area contributed by atoms with Crippen molar-refractivity contribution in [1.29, 1.82) is 0 Å². The van der Waals surface area contributed by atoms with E-state index in [0.29, 0.717) is 23.7 Å². The summed E-state index contributed by atoms with van der Waals surface area (Å²) < 4.78 is 0. The van der Waals surface area contributed by atoms with E-state index in [1.807, 2.05) is 0 Å². The quantitative estimate of drug-likeness (QED) is 0.215. The van der Waals surface area contributed by atoms with E-state index in [-0.39, 0.29) is 13.1 Å². The summed E-state index contributed by atoms with van der Waals surface area (Å²) in [7, 11) is 9.53. The Kier molecular flexibility index (Phi) is 13.0. The molecule has 0 aromatic heterocycles. The SMILES string of the molecule is CC(=Nc1c(C(C)C)cccc1C(C)C)C1=CCC(C(C)=Nc2c(C(C)C)cccc2C(C)C)=N1.[Cl][Fe][Cl]. The molecule has 0 N–H and O–H groups in total. The van der Waals surface area contributed by atoms with E-state index in [1.165, 1.54) is 22.3 Å². The Morgan fingerprint density at radius 3 is 1.37 bits per heavy atom. The normalized spacial score (nSPS) is 14.4. The molecule has 0 spiro atoms. The molecule has 0 unspecified atom stereocenters. The molecule has 0 saturated carbocycles. The molecule has 0 aliphatic carbocycles. The monoisotopic (exact) mass is 595 g/mol. The zero-order valence-corrected chi connectivity index (χ0v) is 27.1. The van der Waals surface area contributed by atoms with E-state index in [1.54, 1.807) is 0 Å². The number of halogens is 2. The van der Waals surface area contributed by atoms with Crippen LogP contribution in [-0.4, -0.2) is 17.1 Å². The van der Waals surface area contributed by atoms with Crippen molar-refractivity contribution in [2.75, 3.05) is 0 Å². The van der Waals surface area contributed by atoms with Gasteiger partial charge in [0.15, 0.2) is 0 Å². The van der Waals surface area contributed by atoms with E-state index in [9.17, 15) is 0 Å². The molecule has 1 heterocycles. The number of para-hydroxylation sites is 2. The molecule has 3 nitrogen and oxygen atoms in total. The number of benzene rings is 2. The molecule has 1 aliphatic rings. The van der Waals surface area contributed by atoms with Crippen LogP contribution in [0.2, 0.25) is 0 Å². The average molecular weight is 596 g/mol. The second kappa shape index (κ2) is 15.2. The van der Waals surface area contributed by atoms with Crippen LogP contribution in [0.1, 0.15) is 122 Å². The van der Waals surface area contributed by atoms with Gasteiger partial charge in [0, 0.05) is 6.42 Å². The van der Waals surface area contributed by atoms with Crippen molar-refractivity contribution >= 4 is 48.7 Å². The molecule has 0 saturated heterocycles.